The van der Waals surface area contributed by atoms with Crippen LogP contribution in [0.5, 0.6) is 5.75 Å². The Bertz CT molecular complexity index is 1070. The molecule has 3 rings (SSSR count). The summed E-state index contributed by atoms with van der Waals surface area (Å²) in [6, 6.07) is 20.5. The Morgan fingerprint density at radius 1 is 0.900 bits per heavy atom. The molecule has 3 aromatic carbocycles. The van der Waals surface area contributed by atoms with Crippen molar-refractivity contribution in [3.63, 3.8) is 0 Å². The summed E-state index contributed by atoms with van der Waals surface area (Å²) in [6.45, 7) is 0.327. The molecule has 0 heterocycles. The second kappa shape index (κ2) is 9.89. The number of sulfonamides is 1. The van der Waals surface area contributed by atoms with Gasteiger partial charge in [0, 0.05) is 12.2 Å². The van der Waals surface area contributed by atoms with Crippen LogP contribution in [0.25, 0.3) is 0 Å². The number of carbonyl (C=O) groups is 1. The molecule has 0 saturated carbocycles. The van der Waals surface area contributed by atoms with Gasteiger partial charge in [-0.25, -0.2) is 12.8 Å². The fraction of sp³-hybridized carbons (Fsp3) is 0.136. The van der Waals surface area contributed by atoms with Crippen molar-refractivity contribution in [1.82, 2.24) is 5.32 Å². The molecular weight excluding hydrogens is 407 g/mol. The molecule has 0 aliphatic rings. The number of benzene rings is 3. The van der Waals surface area contributed by atoms with Gasteiger partial charge in [-0.2, -0.15) is 0 Å². The average Bonchev–Trinajstić information content (AvgIpc) is 2.75. The summed E-state index contributed by atoms with van der Waals surface area (Å²) in [6.07, 6.45) is 0.722. The van der Waals surface area contributed by atoms with Gasteiger partial charge in [0.15, 0.2) is 6.61 Å². The summed E-state index contributed by atoms with van der Waals surface area (Å²) in [7, 11) is -3.82. The minimum Gasteiger partial charge on any atom is -0.484 e. The van der Waals surface area contributed by atoms with Crippen LogP contribution in [0.1, 0.15) is 5.56 Å². The van der Waals surface area contributed by atoms with Gasteiger partial charge < -0.3 is 10.1 Å². The number of nitrogens with one attached hydrogen (secondary N) is 2. The van der Waals surface area contributed by atoms with E-state index in [9.17, 15) is 17.6 Å². The summed E-state index contributed by atoms with van der Waals surface area (Å²) < 4.78 is 45.5. The molecule has 0 bridgehead atoms. The third kappa shape index (κ3) is 6.31. The Kier molecular flexibility index (Phi) is 7.03. The van der Waals surface area contributed by atoms with Crippen LogP contribution in [0, 0.1) is 5.82 Å². The first-order chi connectivity index (χ1) is 14.4. The minimum absolute atomic E-state index is 0.0199. The second-order valence-electron chi connectivity index (χ2n) is 6.46. The van der Waals surface area contributed by atoms with E-state index < -0.39 is 15.8 Å². The predicted molar refractivity (Wildman–Crippen MR) is 112 cm³/mol. The van der Waals surface area contributed by atoms with Crippen molar-refractivity contribution in [3.05, 3.63) is 90.2 Å². The number of ether oxygens (including phenoxy) is 1. The van der Waals surface area contributed by atoms with Gasteiger partial charge in [-0.05, 0) is 60.5 Å². The zero-order valence-electron chi connectivity index (χ0n) is 16.0. The Labute approximate surface area is 174 Å². The van der Waals surface area contributed by atoms with E-state index in [4.69, 9.17) is 4.74 Å². The molecule has 0 radical (unpaired) electrons. The van der Waals surface area contributed by atoms with Crippen LogP contribution in [-0.4, -0.2) is 27.5 Å². The Morgan fingerprint density at radius 2 is 1.57 bits per heavy atom. The van der Waals surface area contributed by atoms with Crippen LogP contribution in [0.2, 0.25) is 0 Å². The molecule has 0 atom stereocenters. The third-order valence-corrected chi connectivity index (χ3v) is 5.58. The SMILES string of the molecule is O=C(COc1ccc(S(=O)(=O)Nc2ccc(F)cc2)cc1)NCCc1ccccc1. The van der Waals surface area contributed by atoms with Gasteiger partial charge in [-0.1, -0.05) is 30.3 Å². The second-order valence-corrected chi connectivity index (χ2v) is 8.14. The van der Waals surface area contributed by atoms with Crippen LogP contribution in [-0.2, 0) is 21.2 Å². The predicted octanol–water partition coefficient (Wildman–Crippen LogP) is 3.36. The van der Waals surface area contributed by atoms with E-state index >= 15 is 0 Å². The molecule has 0 aliphatic heterocycles. The number of carbonyl (C=O) groups excluding carboxylic acids is 1. The summed E-state index contributed by atoms with van der Waals surface area (Å²) in [4.78, 5) is 11.9. The molecule has 6 nitrogen and oxygen atoms in total. The highest BCUT2D eigenvalue weighted by Crippen LogP contribution is 2.19. The molecule has 0 saturated heterocycles. The first-order valence-electron chi connectivity index (χ1n) is 9.24. The summed E-state index contributed by atoms with van der Waals surface area (Å²) in [5.41, 5.74) is 1.38. The molecule has 0 spiro atoms. The van der Waals surface area contributed by atoms with Crippen molar-refractivity contribution < 1.29 is 22.3 Å². The smallest absolute Gasteiger partial charge is 0.261 e. The highest BCUT2D eigenvalue weighted by atomic mass is 32.2. The van der Waals surface area contributed by atoms with Gasteiger partial charge in [0.1, 0.15) is 11.6 Å². The molecule has 8 heteroatoms. The summed E-state index contributed by atoms with van der Waals surface area (Å²) in [5.74, 6) is -0.349. The first kappa shape index (κ1) is 21.3. The molecule has 0 fully saturated rings. The Morgan fingerprint density at radius 3 is 2.23 bits per heavy atom. The molecule has 0 aromatic heterocycles. The molecule has 0 aliphatic carbocycles. The molecule has 2 N–H and O–H groups in total. The number of amides is 1. The van der Waals surface area contributed by atoms with E-state index in [1.807, 2.05) is 30.3 Å². The summed E-state index contributed by atoms with van der Waals surface area (Å²) in [5, 5.41) is 2.77. The fourth-order valence-electron chi connectivity index (χ4n) is 2.64. The fourth-order valence-corrected chi connectivity index (χ4v) is 3.70. The maximum absolute atomic E-state index is 12.9. The Balaban J connectivity index is 1.47. The van der Waals surface area contributed by atoms with Crippen molar-refractivity contribution in [2.75, 3.05) is 17.9 Å². The lowest BCUT2D eigenvalue weighted by Gasteiger charge is -2.10. The lowest BCUT2D eigenvalue weighted by Crippen LogP contribution is -2.30. The van der Waals surface area contributed by atoms with Crippen molar-refractivity contribution in [2.24, 2.45) is 0 Å². The molecular formula is C22H21FN2O4S. The van der Waals surface area contributed by atoms with Gasteiger partial charge in [-0.15, -0.1) is 0 Å². The lowest BCUT2D eigenvalue weighted by atomic mass is 10.1. The molecule has 1 amide bonds. The van der Waals surface area contributed by atoms with E-state index in [1.54, 1.807) is 0 Å². The molecule has 30 heavy (non-hydrogen) atoms. The van der Waals surface area contributed by atoms with E-state index in [2.05, 4.69) is 10.0 Å². The van der Waals surface area contributed by atoms with Crippen molar-refractivity contribution >= 4 is 21.6 Å². The lowest BCUT2D eigenvalue weighted by molar-refractivity contribution is -0.123. The number of rotatable bonds is 9. The maximum Gasteiger partial charge on any atom is 0.261 e. The van der Waals surface area contributed by atoms with E-state index in [1.165, 1.54) is 48.5 Å². The Hall–Kier alpha value is -3.39. The number of hydrogen-bond acceptors (Lipinski definition) is 4. The largest absolute Gasteiger partial charge is 0.484 e. The van der Waals surface area contributed by atoms with Gasteiger partial charge in [0.2, 0.25) is 0 Å². The van der Waals surface area contributed by atoms with Gasteiger partial charge in [0.05, 0.1) is 4.90 Å². The minimum atomic E-state index is -3.82. The average molecular weight is 428 g/mol. The van der Waals surface area contributed by atoms with Gasteiger partial charge >= 0.3 is 0 Å². The number of anilines is 1. The van der Waals surface area contributed by atoms with Gasteiger partial charge in [0.25, 0.3) is 15.9 Å². The van der Waals surface area contributed by atoms with Crippen molar-refractivity contribution in [1.29, 1.82) is 0 Å². The standard InChI is InChI=1S/C22H21FN2O4S/c23-18-6-8-19(9-7-18)25-30(27,28)21-12-10-20(11-13-21)29-16-22(26)24-15-14-17-4-2-1-3-5-17/h1-13,25H,14-16H2,(H,24,26). The van der Waals surface area contributed by atoms with E-state index in [0.29, 0.717) is 12.3 Å². The molecule has 0 unspecified atom stereocenters. The molecule has 3 aromatic rings. The van der Waals surface area contributed by atoms with Crippen LogP contribution < -0.4 is 14.8 Å². The van der Waals surface area contributed by atoms with E-state index in [0.717, 1.165) is 12.0 Å². The highest BCUT2D eigenvalue weighted by Gasteiger charge is 2.14. The van der Waals surface area contributed by atoms with E-state index in [-0.39, 0.29) is 23.1 Å². The maximum atomic E-state index is 12.9. The zero-order valence-corrected chi connectivity index (χ0v) is 16.9. The number of halogens is 1. The highest BCUT2D eigenvalue weighted by molar-refractivity contribution is 7.92. The van der Waals surface area contributed by atoms with Gasteiger partial charge in [-0.3, -0.25) is 9.52 Å². The summed E-state index contributed by atoms with van der Waals surface area (Å²) >= 11 is 0. The van der Waals surface area contributed by atoms with Crippen molar-refractivity contribution in [2.45, 2.75) is 11.3 Å². The van der Waals surface area contributed by atoms with Crippen LogP contribution in [0.4, 0.5) is 10.1 Å². The van der Waals surface area contributed by atoms with Crippen LogP contribution in [0.15, 0.2) is 83.8 Å². The number of hydrogen-bond donors (Lipinski definition) is 2. The topological polar surface area (TPSA) is 84.5 Å². The quantitative estimate of drug-likeness (QED) is 0.547. The third-order valence-electron chi connectivity index (χ3n) is 4.18. The van der Waals surface area contributed by atoms with Crippen LogP contribution >= 0.6 is 0 Å². The first-order valence-corrected chi connectivity index (χ1v) is 10.7. The molecule has 156 valence electrons. The van der Waals surface area contributed by atoms with Crippen LogP contribution in [0.3, 0.4) is 0 Å². The monoisotopic (exact) mass is 428 g/mol. The zero-order chi connectivity index (χ0) is 21.4. The van der Waals surface area contributed by atoms with Crippen molar-refractivity contribution in [3.8, 4) is 5.75 Å². The normalized spacial score (nSPS) is 11.0.